The Bertz CT molecular complexity index is 342. The van der Waals surface area contributed by atoms with Gasteiger partial charge in [0, 0.05) is 32.2 Å². The summed E-state index contributed by atoms with van der Waals surface area (Å²) in [4.78, 5) is 13.7. The van der Waals surface area contributed by atoms with E-state index in [1.54, 1.807) is 17.0 Å². The number of ether oxygens (including phenoxy) is 1. The first-order chi connectivity index (χ1) is 7.31. The van der Waals surface area contributed by atoms with Crippen LogP contribution in [0, 0.1) is 0 Å². The molecule has 0 saturated carbocycles. The molecule has 1 saturated heterocycles. The number of hydrogen-bond donors (Lipinski definition) is 1. The summed E-state index contributed by atoms with van der Waals surface area (Å²) >= 11 is 0. The van der Waals surface area contributed by atoms with Crippen LogP contribution in [0.5, 0.6) is 5.95 Å². The summed E-state index contributed by atoms with van der Waals surface area (Å²) in [5.41, 5.74) is 0. The molecule has 0 aromatic carbocycles. The normalized spacial score (nSPS) is 16.5. The Labute approximate surface area is 88.0 Å². The number of furan rings is 1. The quantitative estimate of drug-likeness (QED) is 0.764. The van der Waals surface area contributed by atoms with E-state index in [1.807, 2.05) is 0 Å². The average molecular weight is 210 g/mol. The molecule has 2 rings (SSSR count). The van der Waals surface area contributed by atoms with E-state index < -0.39 is 0 Å². The lowest BCUT2D eigenvalue weighted by atomic mass is 10.3. The second-order valence-corrected chi connectivity index (χ2v) is 3.37. The molecule has 1 N–H and O–H groups in total. The molecule has 15 heavy (non-hydrogen) atoms. The monoisotopic (exact) mass is 210 g/mol. The summed E-state index contributed by atoms with van der Waals surface area (Å²) < 4.78 is 10.1. The second kappa shape index (κ2) is 4.35. The van der Waals surface area contributed by atoms with E-state index in [0.29, 0.717) is 11.7 Å². The first kappa shape index (κ1) is 10.0. The molecule has 82 valence electrons. The lowest BCUT2D eigenvalue weighted by Crippen LogP contribution is -2.46. The molecule has 5 heteroatoms. The first-order valence-corrected chi connectivity index (χ1v) is 4.95. The van der Waals surface area contributed by atoms with Crippen molar-refractivity contribution in [3.05, 3.63) is 17.9 Å². The third-order valence-electron chi connectivity index (χ3n) is 2.40. The van der Waals surface area contributed by atoms with Gasteiger partial charge in [-0.3, -0.25) is 4.79 Å². The topological polar surface area (TPSA) is 54.7 Å². The Hall–Kier alpha value is -1.49. The van der Waals surface area contributed by atoms with Crippen LogP contribution < -0.4 is 10.1 Å². The van der Waals surface area contributed by atoms with E-state index in [9.17, 15) is 4.79 Å². The summed E-state index contributed by atoms with van der Waals surface area (Å²) in [6.07, 6.45) is 0. The van der Waals surface area contributed by atoms with Crippen LogP contribution in [0.4, 0.5) is 0 Å². The number of piperazine rings is 1. The number of amides is 1. The van der Waals surface area contributed by atoms with Gasteiger partial charge in [0.05, 0.1) is 7.11 Å². The van der Waals surface area contributed by atoms with E-state index in [1.165, 1.54) is 7.11 Å². The zero-order chi connectivity index (χ0) is 10.7. The van der Waals surface area contributed by atoms with Gasteiger partial charge in [-0.2, -0.15) is 0 Å². The van der Waals surface area contributed by atoms with Gasteiger partial charge < -0.3 is 19.4 Å². The number of carbonyl (C=O) groups is 1. The maximum Gasteiger partial charge on any atom is 0.289 e. The van der Waals surface area contributed by atoms with Crippen molar-refractivity contribution in [1.29, 1.82) is 0 Å². The van der Waals surface area contributed by atoms with E-state index >= 15 is 0 Å². The molecule has 1 aliphatic rings. The molecular weight excluding hydrogens is 196 g/mol. The minimum absolute atomic E-state index is 0.0696. The number of carbonyl (C=O) groups excluding carboxylic acids is 1. The minimum Gasteiger partial charge on any atom is -0.468 e. The van der Waals surface area contributed by atoms with Gasteiger partial charge in [-0.05, 0) is 6.07 Å². The van der Waals surface area contributed by atoms with Gasteiger partial charge >= 0.3 is 0 Å². The van der Waals surface area contributed by atoms with Crippen molar-refractivity contribution in [2.45, 2.75) is 0 Å². The van der Waals surface area contributed by atoms with Crippen LogP contribution in [-0.2, 0) is 0 Å². The van der Waals surface area contributed by atoms with Crippen molar-refractivity contribution in [3.8, 4) is 5.95 Å². The minimum atomic E-state index is -0.0696. The highest BCUT2D eigenvalue weighted by Gasteiger charge is 2.20. The van der Waals surface area contributed by atoms with Crippen molar-refractivity contribution in [3.63, 3.8) is 0 Å². The Morgan fingerprint density at radius 3 is 2.80 bits per heavy atom. The van der Waals surface area contributed by atoms with Crippen molar-refractivity contribution in [2.24, 2.45) is 0 Å². The van der Waals surface area contributed by atoms with E-state index in [4.69, 9.17) is 9.15 Å². The van der Waals surface area contributed by atoms with Crippen LogP contribution in [0.25, 0.3) is 0 Å². The van der Waals surface area contributed by atoms with Crippen molar-refractivity contribution in [2.75, 3.05) is 33.3 Å². The Morgan fingerprint density at radius 2 is 2.20 bits per heavy atom. The average Bonchev–Trinajstić information content (AvgIpc) is 2.78. The molecule has 1 amide bonds. The lowest BCUT2D eigenvalue weighted by Gasteiger charge is -2.26. The molecular formula is C10H14N2O3. The molecule has 0 bridgehead atoms. The molecule has 2 heterocycles. The number of nitrogens with zero attached hydrogens (tertiary/aromatic N) is 1. The molecule has 0 aliphatic carbocycles. The van der Waals surface area contributed by atoms with Gasteiger partial charge in [0.15, 0.2) is 5.76 Å². The van der Waals surface area contributed by atoms with Crippen molar-refractivity contribution < 1.29 is 13.9 Å². The molecule has 1 aromatic heterocycles. The summed E-state index contributed by atoms with van der Waals surface area (Å²) in [6.45, 7) is 3.12. The van der Waals surface area contributed by atoms with Crippen LogP contribution in [0.1, 0.15) is 10.6 Å². The van der Waals surface area contributed by atoms with Gasteiger partial charge in [0.2, 0.25) is 0 Å². The molecule has 1 fully saturated rings. The van der Waals surface area contributed by atoms with Crippen molar-refractivity contribution >= 4 is 5.91 Å². The SMILES string of the molecule is COc1ccc(C(=O)N2CCNCC2)o1. The number of hydrogen-bond acceptors (Lipinski definition) is 4. The van der Waals surface area contributed by atoms with Crippen LogP contribution in [0.2, 0.25) is 0 Å². The number of rotatable bonds is 2. The summed E-state index contributed by atoms with van der Waals surface area (Å²) in [5.74, 6) is 0.641. The molecule has 0 radical (unpaired) electrons. The maximum absolute atomic E-state index is 11.9. The van der Waals surface area contributed by atoms with E-state index in [0.717, 1.165) is 26.2 Å². The third-order valence-corrected chi connectivity index (χ3v) is 2.40. The predicted octanol–water partition coefficient (Wildman–Crippen LogP) is 0.334. The zero-order valence-electron chi connectivity index (χ0n) is 8.66. The van der Waals surface area contributed by atoms with Gasteiger partial charge in [-0.15, -0.1) is 0 Å². The number of methoxy groups -OCH3 is 1. The molecule has 0 atom stereocenters. The van der Waals surface area contributed by atoms with Crippen LogP contribution in [-0.4, -0.2) is 44.1 Å². The fourth-order valence-corrected chi connectivity index (χ4v) is 1.57. The van der Waals surface area contributed by atoms with Gasteiger partial charge in [-0.25, -0.2) is 0 Å². The molecule has 0 spiro atoms. The maximum atomic E-state index is 11.9. The van der Waals surface area contributed by atoms with Gasteiger partial charge in [0.1, 0.15) is 0 Å². The van der Waals surface area contributed by atoms with Crippen LogP contribution >= 0.6 is 0 Å². The Morgan fingerprint density at radius 1 is 1.47 bits per heavy atom. The third kappa shape index (κ3) is 2.12. The smallest absolute Gasteiger partial charge is 0.289 e. The van der Waals surface area contributed by atoms with Gasteiger partial charge in [0.25, 0.3) is 11.9 Å². The summed E-state index contributed by atoms with van der Waals surface area (Å²) in [5, 5.41) is 3.19. The Balaban J connectivity index is 2.05. The lowest BCUT2D eigenvalue weighted by molar-refractivity contribution is 0.0697. The van der Waals surface area contributed by atoms with E-state index in [-0.39, 0.29) is 5.91 Å². The van der Waals surface area contributed by atoms with Crippen LogP contribution in [0.3, 0.4) is 0 Å². The highest BCUT2D eigenvalue weighted by molar-refractivity contribution is 5.91. The highest BCUT2D eigenvalue weighted by Crippen LogP contribution is 2.16. The zero-order valence-corrected chi connectivity index (χ0v) is 8.66. The van der Waals surface area contributed by atoms with Gasteiger partial charge in [-0.1, -0.05) is 0 Å². The molecule has 5 nitrogen and oxygen atoms in total. The molecule has 0 unspecified atom stereocenters. The van der Waals surface area contributed by atoms with Crippen molar-refractivity contribution in [1.82, 2.24) is 10.2 Å². The molecule has 1 aliphatic heterocycles. The predicted molar refractivity (Wildman–Crippen MR) is 54.0 cm³/mol. The summed E-state index contributed by atoms with van der Waals surface area (Å²) in [6, 6.07) is 3.29. The first-order valence-electron chi connectivity index (χ1n) is 4.95. The second-order valence-electron chi connectivity index (χ2n) is 3.37. The fraction of sp³-hybridized carbons (Fsp3) is 0.500. The number of nitrogens with one attached hydrogen (secondary N) is 1. The molecule has 1 aromatic rings. The fourth-order valence-electron chi connectivity index (χ4n) is 1.57. The highest BCUT2D eigenvalue weighted by atomic mass is 16.6. The van der Waals surface area contributed by atoms with Crippen LogP contribution in [0.15, 0.2) is 16.5 Å². The Kier molecular flexibility index (Phi) is 2.91. The van der Waals surface area contributed by atoms with E-state index in [2.05, 4.69) is 5.32 Å². The summed E-state index contributed by atoms with van der Waals surface area (Å²) in [7, 11) is 1.51. The largest absolute Gasteiger partial charge is 0.468 e. The standard InChI is InChI=1S/C10H14N2O3/c1-14-9-3-2-8(15-9)10(13)12-6-4-11-5-7-12/h2-3,11H,4-7H2,1H3.